The molecule has 6 aliphatic rings. The molecule has 156 valence electrons. The van der Waals surface area contributed by atoms with Crippen LogP contribution in [-0.4, -0.2) is 34.3 Å². The zero-order valence-corrected chi connectivity index (χ0v) is 15.9. The second kappa shape index (κ2) is 4.96. The Morgan fingerprint density at radius 2 is 1.93 bits per heavy atom. The number of hydrogen-bond acceptors (Lipinski definition) is 4. The van der Waals surface area contributed by atoms with E-state index >= 15 is 0 Å². The molecule has 1 saturated heterocycles. The number of rotatable bonds is 3. The van der Waals surface area contributed by atoms with Crippen molar-refractivity contribution >= 4 is 18.2 Å². The Morgan fingerprint density at radius 1 is 1.23 bits per heavy atom. The van der Waals surface area contributed by atoms with Crippen molar-refractivity contribution in [2.45, 2.75) is 30.6 Å². The van der Waals surface area contributed by atoms with E-state index in [4.69, 9.17) is 0 Å². The smallest absolute Gasteiger partial charge is 0.293 e. The molecule has 1 aromatic carbocycles. The van der Waals surface area contributed by atoms with Crippen molar-refractivity contribution in [3.05, 3.63) is 47.5 Å². The highest BCUT2D eigenvalue weighted by Crippen LogP contribution is 2.93. The molecule has 1 aromatic rings. The molecule has 1 aliphatic heterocycles. The Hall–Kier alpha value is -2.68. The molecule has 3 saturated carbocycles. The summed E-state index contributed by atoms with van der Waals surface area (Å²) in [5.41, 5.74) is 0.0594. The molecule has 2 N–H and O–H groups in total. The predicted molar refractivity (Wildman–Crippen MR) is 96.2 cm³/mol. The van der Waals surface area contributed by atoms with Gasteiger partial charge in [-0.15, -0.1) is 0 Å². The average molecular weight is 417 g/mol. The van der Waals surface area contributed by atoms with Crippen LogP contribution in [0.1, 0.15) is 29.3 Å². The van der Waals surface area contributed by atoms with Gasteiger partial charge in [0.2, 0.25) is 6.41 Å². The highest BCUT2D eigenvalue weighted by molar-refractivity contribution is 6.03. The summed E-state index contributed by atoms with van der Waals surface area (Å²) in [6.45, 7) is 1.98. The van der Waals surface area contributed by atoms with E-state index in [1.165, 1.54) is 0 Å². The standard InChI is InChI=1S/C21H18F3N3O3/c1-18-12-6-7-14(19-8-13(19)15(12)19)20(18,26-18)17(30)27(9-28)25-16(29)10-2-4-11(5-3-10)21(22,23)24/h2-7,9,12-15,26H,8H2,1H3,(H,25,29)/t12?,13-,14?,15?,18+,19+,20-/m1/s1. The van der Waals surface area contributed by atoms with Gasteiger partial charge in [0.25, 0.3) is 11.8 Å². The van der Waals surface area contributed by atoms with Crippen LogP contribution in [-0.2, 0) is 15.8 Å². The van der Waals surface area contributed by atoms with Crippen molar-refractivity contribution in [2.24, 2.45) is 29.1 Å². The Morgan fingerprint density at radius 3 is 2.53 bits per heavy atom. The quantitative estimate of drug-likeness (QED) is 0.340. The topological polar surface area (TPSA) is 88.4 Å². The molecule has 9 heteroatoms. The number of nitrogens with zero attached hydrogens (tertiary/aromatic N) is 1. The van der Waals surface area contributed by atoms with Crippen LogP contribution in [0.4, 0.5) is 13.2 Å². The van der Waals surface area contributed by atoms with Gasteiger partial charge in [0.15, 0.2) is 0 Å². The van der Waals surface area contributed by atoms with Gasteiger partial charge in [0.1, 0.15) is 5.54 Å². The van der Waals surface area contributed by atoms with Crippen LogP contribution in [0.3, 0.4) is 0 Å². The Bertz CT molecular complexity index is 1050. The number of carbonyl (C=O) groups is 3. The highest BCUT2D eigenvalue weighted by Gasteiger charge is 2.96. The van der Waals surface area contributed by atoms with Crippen LogP contribution in [0.15, 0.2) is 36.4 Å². The summed E-state index contributed by atoms with van der Waals surface area (Å²) in [6, 6.07) is 3.59. The molecule has 3 unspecified atom stereocenters. The molecule has 5 aliphatic carbocycles. The number of carbonyl (C=O) groups excluding carboxylic acids is 3. The lowest BCUT2D eigenvalue weighted by Gasteiger charge is -2.44. The molecule has 7 rings (SSSR count). The summed E-state index contributed by atoms with van der Waals surface area (Å²) >= 11 is 0. The van der Waals surface area contributed by atoms with Crippen molar-refractivity contribution < 1.29 is 27.6 Å². The number of imide groups is 1. The van der Waals surface area contributed by atoms with E-state index in [-0.39, 0.29) is 29.2 Å². The number of halogens is 3. The highest BCUT2D eigenvalue weighted by atomic mass is 19.4. The molecule has 4 fully saturated rings. The first-order chi connectivity index (χ1) is 14.1. The van der Waals surface area contributed by atoms with E-state index in [9.17, 15) is 27.6 Å². The largest absolute Gasteiger partial charge is 0.416 e. The molecule has 3 amide bonds. The molecule has 0 radical (unpaired) electrons. The third-order valence-electron chi connectivity index (χ3n) is 8.23. The third kappa shape index (κ3) is 1.84. The van der Waals surface area contributed by atoms with Crippen molar-refractivity contribution in [1.29, 1.82) is 0 Å². The van der Waals surface area contributed by atoms with Crippen molar-refractivity contribution in [2.75, 3.05) is 0 Å². The Kier molecular flexibility index (Phi) is 3.00. The molecule has 0 aromatic heterocycles. The van der Waals surface area contributed by atoms with Crippen LogP contribution < -0.4 is 10.7 Å². The number of amides is 3. The van der Waals surface area contributed by atoms with Gasteiger partial charge in [0, 0.05) is 17.4 Å². The second-order valence-corrected chi connectivity index (χ2v) is 9.27. The van der Waals surface area contributed by atoms with E-state index in [0.717, 1.165) is 30.7 Å². The average Bonchev–Trinajstić information content (AvgIpc) is 3.61. The first kappa shape index (κ1) is 18.1. The fourth-order valence-electron chi connectivity index (χ4n) is 6.61. The summed E-state index contributed by atoms with van der Waals surface area (Å²) in [5.74, 6) is 0.0956. The first-order valence-corrected chi connectivity index (χ1v) is 9.86. The lowest BCUT2D eigenvalue weighted by molar-refractivity contribution is -0.145. The SMILES string of the molecule is C[C@@]12N[C@@]1(C(=O)N(C=O)NC(=O)c1ccc(C(F)(F)F)cc1)C1C=CC2C2[C@H]3C[C@@]213. The van der Waals surface area contributed by atoms with E-state index in [0.29, 0.717) is 16.8 Å². The van der Waals surface area contributed by atoms with Gasteiger partial charge in [-0.1, -0.05) is 12.2 Å². The van der Waals surface area contributed by atoms with Gasteiger partial charge in [-0.3, -0.25) is 25.1 Å². The normalized spacial score (nSPS) is 43.1. The molecular formula is C21H18F3N3O3. The summed E-state index contributed by atoms with van der Waals surface area (Å²) in [6.07, 6.45) is 1.07. The Balaban J connectivity index is 1.24. The van der Waals surface area contributed by atoms with Crippen molar-refractivity contribution in [3.8, 4) is 0 Å². The number of benzene rings is 1. The minimum absolute atomic E-state index is 0.0204. The molecule has 7 atom stereocenters. The lowest BCUT2D eigenvalue weighted by atomic mass is 9.58. The zero-order valence-electron chi connectivity index (χ0n) is 15.9. The molecule has 30 heavy (non-hydrogen) atoms. The fraction of sp³-hybridized carbons (Fsp3) is 0.476. The Labute approximate surface area is 169 Å². The molecular weight excluding hydrogens is 399 g/mol. The summed E-state index contributed by atoms with van der Waals surface area (Å²) in [5, 5.41) is 4.00. The predicted octanol–water partition coefficient (Wildman–Crippen LogP) is 1.89. The van der Waals surface area contributed by atoms with E-state index < -0.39 is 34.6 Å². The van der Waals surface area contributed by atoms with Gasteiger partial charge < -0.3 is 0 Å². The van der Waals surface area contributed by atoms with Gasteiger partial charge in [-0.05, 0) is 54.9 Å². The van der Waals surface area contributed by atoms with Crippen LogP contribution in [0.2, 0.25) is 0 Å². The maximum absolute atomic E-state index is 13.4. The van der Waals surface area contributed by atoms with Crippen molar-refractivity contribution in [1.82, 2.24) is 15.8 Å². The number of hydrazine groups is 1. The van der Waals surface area contributed by atoms with Gasteiger partial charge in [0.05, 0.1) is 11.1 Å². The van der Waals surface area contributed by atoms with E-state index in [1.54, 1.807) is 0 Å². The lowest BCUT2D eigenvalue weighted by Crippen LogP contribution is -2.60. The van der Waals surface area contributed by atoms with Crippen LogP contribution in [0.25, 0.3) is 0 Å². The van der Waals surface area contributed by atoms with E-state index in [1.807, 2.05) is 6.92 Å². The van der Waals surface area contributed by atoms with Crippen LogP contribution >= 0.6 is 0 Å². The summed E-state index contributed by atoms with van der Waals surface area (Å²) < 4.78 is 38.1. The van der Waals surface area contributed by atoms with Gasteiger partial charge in [-0.25, -0.2) is 0 Å². The molecule has 2 bridgehead atoms. The number of alkyl halides is 3. The summed E-state index contributed by atoms with van der Waals surface area (Å²) in [7, 11) is 0. The third-order valence-corrected chi connectivity index (χ3v) is 8.23. The van der Waals surface area contributed by atoms with Crippen LogP contribution in [0, 0.1) is 29.1 Å². The van der Waals surface area contributed by atoms with Crippen molar-refractivity contribution in [3.63, 3.8) is 0 Å². The molecule has 1 heterocycles. The molecule has 6 nitrogen and oxygen atoms in total. The summed E-state index contributed by atoms with van der Waals surface area (Å²) in [4.78, 5) is 37.6. The zero-order chi connectivity index (χ0) is 21.3. The monoisotopic (exact) mass is 417 g/mol. The maximum Gasteiger partial charge on any atom is 0.416 e. The van der Waals surface area contributed by atoms with E-state index in [2.05, 4.69) is 22.9 Å². The number of hydrogen-bond donors (Lipinski definition) is 2. The minimum atomic E-state index is -4.52. The minimum Gasteiger partial charge on any atom is -0.293 e. The fourth-order valence-corrected chi connectivity index (χ4v) is 6.61. The molecule has 1 spiro atoms. The first-order valence-electron chi connectivity index (χ1n) is 9.86. The number of nitrogens with one attached hydrogen (secondary N) is 2. The van der Waals surface area contributed by atoms with Gasteiger partial charge in [-0.2, -0.15) is 18.2 Å². The maximum atomic E-state index is 13.4. The van der Waals surface area contributed by atoms with Gasteiger partial charge >= 0.3 is 6.18 Å². The second-order valence-electron chi connectivity index (χ2n) is 9.27. The van der Waals surface area contributed by atoms with Crippen LogP contribution in [0.5, 0.6) is 0 Å².